The summed E-state index contributed by atoms with van der Waals surface area (Å²) in [6, 6.07) is 13.2. The van der Waals surface area contributed by atoms with Crippen LogP contribution in [0.4, 0.5) is 0 Å². The first-order valence-electron chi connectivity index (χ1n) is 9.72. The van der Waals surface area contributed by atoms with Crippen LogP contribution in [0.25, 0.3) is 10.9 Å². The number of carboxylic acid groups (broad SMARTS) is 1. The maximum atomic E-state index is 13.2. The Hall–Kier alpha value is -3.33. The average Bonchev–Trinajstić information content (AvgIpc) is 2.76. The highest BCUT2D eigenvalue weighted by atomic mass is 32.2. The zero-order chi connectivity index (χ0) is 22.4. The normalized spacial score (nSPS) is 12.9. The van der Waals surface area contributed by atoms with Crippen LogP contribution in [-0.4, -0.2) is 44.6 Å². The number of hydrogen-bond acceptors (Lipinski definition) is 5. The lowest BCUT2D eigenvalue weighted by atomic mass is 10.0. The zero-order valence-corrected chi connectivity index (χ0v) is 17.7. The van der Waals surface area contributed by atoms with Crippen molar-refractivity contribution in [3.63, 3.8) is 0 Å². The van der Waals surface area contributed by atoms with Crippen molar-refractivity contribution >= 4 is 34.5 Å². The van der Waals surface area contributed by atoms with Crippen LogP contribution in [0.2, 0.25) is 0 Å². The molecular formula is C22H23N3O5S. The molecule has 0 unspecified atom stereocenters. The molecule has 162 valence electrons. The Morgan fingerprint density at radius 1 is 1.10 bits per heavy atom. The predicted molar refractivity (Wildman–Crippen MR) is 121 cm³/mol. The fourth-order valence-electron chi connectivity index (χ4n) is 3.36. The molecule has 0 aliphatic carbocycles. The third-order valence-electron chi connectivity index (χ3n) is 4.95. The molecule has 0 aliphatic rings. The third-order valence-corrected chi connectivity index (χ3v) is 5.59. The van der Waals surface area contributed by atoms with Gasteiger partial charge in [0.15, 0.2) is 0 Å². The van der Waals surface area contributed by atoms with Crippen LogP contribution in [0, 0.1) is 0 Å². The molecule has 1 amide bonds. The number of aromatic amines is 1. The Balaban J connectivity index is 2.06. The van der Waals surface area contributed by atoms with Crippen LogP contribution in [0.3, 0.4) is 0 Å². The largest absolute Gasteiger partial charge is 0.480 e. The smallest absolute Gasteiger partial charge is 0.329 e. The Morgan fingerprint density at radius 2 is 1.77 bits per heavy atom. The molecule has 0 aliphatic heterocycles. The molecule has 9 heteroatoms. The van der Waals surface area contributed by atoms with E-state index in [1.165, 1.54) is 11.8 Å². The van der Waals surface area contributed by atoms with Gasteiger partial charge in [-0.15, -0.1) is 0 Å². The second-order valence-electron chi connectivity index (χ2n) is 7.04. The van der Waals surface area contributed by atoms with Crippen molar-refractivity contribution in [2.75, 3.05) is 12.0 Å². The van der Waals surface area contributed by atoms with E-state index in [-0.39, 0.29) is 18.2 Å². The van der Waals surface area contributed by atoms with Crippen molar-refractivity contribution in [2.45, 2.75) is 24.9 Å². The summed E-state index contributed by atoms with van der Waals surface area (Å²) in [5, 5.41) is 12.3. The molecule has 1 aromatic heterocycles. The highest BCUT2D eigenvalue weighted by Gasteiger charge is 2.29. The van der Waals surface area contributed by atoms with E-state index < -0.39 is 35.2 Å². The summed E-state index contributed by atoms with van der Waals surface area (Å²) >= 11 is 1.46. The van der Waals surface area contributed by atoms with Crippen LogP contribution >= 0.6 is 11.8 Å². The van der Waals surface area contributed by atoms with Crippen molar-refractivity contribution in [1.29, 1.82) is 0 Å². The number of amides is 1. The first-order valence-corrected chi connectivity index (χ1v) is 11.1. The van der Waals surface area contributed by atoms with Crippen molar-refractivity contribution < 1.29 is 14.7 Å². The molecule has 0 saturated heterocycles. The van der Waals surface area contributed by atoms with E-state index >= 15 is 0 Å². The minimum atomic E-state index is -1.21. The minimum Gasteiger partial charge on any atom is -0.480 e. The summed E-state index contributed by atoms with van der Waals surface area (Å²) < 4.78 is 0.873. The molecule has 0 spiro atoms. The van der Waals surface area contributed by atoms with Gasteiger partial charge in [0.05, 0.1) is 10.9 Å². The first-order chi connectivity index (χ1) is 14.9. The van der Waals surface area contributed by atoms with Crippen molar-refractivity contribution in [3.05, 3.63) is 81.0 Å². The number of nitrogens with zero attached hydrogens (tertiary/aromatic N) is 1. The summed E-state index contributed by atoms with van der Waals surface area (Å²) in [4.78, 5) is 53.3. The van der Waals surface area contributed by atoms with Crippen molar-refractivity contribution in [3.8, 4) is 0 Å². The average molecular weight is 442 g/mol. The number of para-hydroxylation sites is 1. The molecule has 0 saturated carbocycles. The fourth-order valence-corrected chi connectivity index (χ4v) is 3.83. The monoisotopic (exact) mass is 441 g/mol. The lowest BCUT2D eigenvalue weighted by Gasteiger charge is -2.22. The zero-order valence-electron chi connectivity index (χ0n) is 16.9. The van der Waals surface area contributed by atoms with Gasteiger partial charge in [0.25, 0.3) is 5.56 Å². The van der Waals surface area contributed by atoms with Crippen LogP contribution in [0.15, 0.2) is 64.2 Å². The van der Waals surface area contributed by atoms with Crippen LogP contribution in [0.5, 0.6) is 0 Å². The number of H-pyrrole nitrogens is 1. The highest BCUT2D eigenvalue weighted by molar-refractivity contribution is 7.98. The second kappa shape index (κ2) is 10.1. The van der Waals surface area contributed by atoms with E-state index in [9.17, 15) is 24.3 Å². The molecule has 0 fully saturated rings. The van der Waals surface area contributed by atoms with Crippen molar-refractivity contribution in [1.82, 2.24) is 14.9 Å². The number of rotatable bonds is 9. The highest BCUT2D eigenvalue weighted by Crippen LogP contribution is 2.14. The van der Waals surface area contributed by atoms with E-state index in [0.29, 0.717) is 11.3 Å². The molecule has 31 heavy (non-hydrogen) atoms. The van der Waals surface area contributed by atoms with Gasteiger partial charge < -0.3 is 15.4 Å². The summed E-state index contributed by atoms with van der Waals surface area (Å²) in [7, 11) is 0. The summed E-state index contributed by atoms with van der Waals surface area (Å²) in [5.41, 5.74) is -0.226. The predicted octanol–water partition coefficient (Wildman–Crippen LogP) is 1.80. The van der Waals surface area contributed by atoms with Gasteiger partial charge in [-0.25, -0.2) is 14.2 Å². The van der Waals surface area contributed by atoms with Crippen LogP contribution in [-0.2, 0) is 16.0 Å². The number of thioether (sulfide) groups is 1. The lowest BCUT2D eigenvalue weighted by Crippen LogP contribution is -2.49. The first kappa shape index (κ1) is 22.4. The number of benzene rings is 2. The van der Waals surface area contributed by atoms with E-state index in [2.05, 4.69) is 10.3 Å². The van der Waals surface area contributed by atoms with Gasteiger partial charge in [-0.3, -0.25) is 9.59 Å². The molecule has 3 aromatic rings. The molecule has 3 N–H and O–H groups in total. The lowest BCUT2D eigenvalue weighted by molar-refractivity contribution is -0.142. The van der Waals surface area contributed by atoms with Crippen LogP contribution < -0.4 is 16.6 Å². The third kappa shape index (κ3) is 5.24. The summed E-state index contributed by atoms with van der Waals surface area (Å²) in [6.45, 7) is 0. The number of aliphatic carboxylic acids is 1. The maximum Gasteiger partial charge on any atom is 0.329 e. The van der Waals surface area contributed by atoms with Crippen LogP contribution in [0.1, 0.15) is 18.0 Å². The standard InChI is InChI=1S/C22H23N3O5S/c1-31-12-11-17(21(28)29)23-19(26)18(13-14-7-3-2-4-8-14)25-20(27)15-9-5-6-10-16(15)24-22(25)30/h2-10,17-18H,11-13H2,1H3,(H,23,26)(H,24,30)(H,28,29)/t17-,18+/m0/s1. The maximum absolute atomic E-state index is 13.2. The van der Waals surface area contributed by atoms with Gasteiger partial charge in [-0.2, -0.15) is 11.8 Å². The summed E-state index contributed by atoms with van der Waals surface area (Å²) in [6.07, 6.45) is 2.12. The number of carbonyl (C=O) groups excluding carboxylic acids is 1. The van der Waals surface area contributed by atoms with Gasteiger partial charge in [0.2, 0.25) is 5.91 Å². The van der Waals surface area contributed by atoms with E-state index in [0.717, 1.165) is 10.1 Å². The molecular weight excluding hydrogens is 418 g/mol. The molecule has 0 radical (unpaired) electrons. The van der Waals surface area contributed by atoms with Gasteiger partial charge in [0, 0.05) is 6.42 Å². The second-order valence-corrected chi connectivity index (χ2v) is 8.02. The number of aromatic nitrogens is 2. The molecule has 3 rings (SSSR count). The summed E-state index contributed by atoms with van der Waals surface area (Å²) in [5.74, 6) is -1.32. The van der Waals surface area contributed by atoms with E-state index in [4.69, 9.17) is 0 Å². The minimum absolute atomic E-state index is 0.0584. The van der Waals surface area contributed by atoms with Gasteiger partial charge >= 0.3 is 11.7 Å². The number of fused-ring (bicyclic) bond motifs is 1. The number of hydrogen-bond donors (Lipinski definition) is 3. The number of carbonyl (C=O) groups is 2. The van der Waals surface area contributed by atoms with Gasteiger partial charge in [-0.05, 0) is 36.1 Å². The van der Waals surface area contributed by atoms with Gasteiger partial charge in [0.1, 0.15) is 12.1 Å². The Morgan fingerprint density at radius 3 is 2.45 bits per heavy atom. The Kier molecular flexibility index (Phi) is 7.30. The van der Waals surface area contributed by atoms with E-state index in [1.807, 2.05) is 12.3 Å². The fraction of sp³-hybridized carbons (Fsp3) is 0.273. The number of nitrogens with one attached hydrogen (secondary N) is 2. The molecule has 1 heterocycles. The van der Waals surface area contributed by atoms with Crippen molar-refractivity contribution in [2.24, 2.45) is 0 Å². The molecule has 0 bridgehead atoms. The van der Waals surface area contributed by atoms with E-state index in [1.54, 1.807) is 48.5 Å². The molecule has 2 aromatic carbocycles. The Labute approximate surface area is 182 Å². The number of carboxylic acids is 1. The molecule has 2 atom stereocenters. The molecule has 8 nitrogen and oxygen atoms in total. The van der Waals surface area contributed by atoms with Gasteiger partial charge in [-0.1, -0.05) is 42.5 Å². The topological polar surface area (TPSA) is 121 Å². The quantitative estimate of drug-likeness (QED) is 0.466. The Bertz CT molecular complexity index is 1190. The SMILES string of the molecule is CSCC[C@H](NC(=O)[C@@H](Cc1ccccc1)n1c(=O)[nH]c2ccccc2c1=O)C(=O)O.